The molecule has 0 radical (unpaired) electrons. The van der Waals surface area contributed by atoms with Crippen molar-refractivity contribution in [3.8, 4) is 0 Å². The number of carbonyl (C=O) groups is 1. The van der Waals surface area contributed by atoms with Gasteiger partial charge in [0.05, 0.1) is 6.10 Å². The molecule has 2 fully saturated rings. The van der Waals surface area contributed by atoms with Crippen LogP contribution in [0.5, 0.6) is 0 Å². The Hall–Kier alpha value is -0.710. The SMILES string of the molecule is C=CC[C@@]12O[C@@H](CC1=O)[C@H](O)[C@@H]2O. The molecule has 0 spiro atoms. The van der Waals surface area contributed by atoms with Crippen LogP contribution >= 0.6 is 0 Å². The zero-order chi connectivity index (χ0) is 9.64. The summed E-state index contributed by atoms with van der Waals surface area (Å²) in [5, 5.41) is 19.0. The molecule has 13 heavy (non-hydrogen) atoms. The normalized spacial score (nSPS) is 48.5. The van der Waals surface area contributed by atoms with E-state index >= 15 is 0 Å². The first-order chi connectivity index (χ1) is 6.12. The average Bonchev–Trinajstić information content (AvgIpc) is 2.51. The number of ketones is 1. The topological polar surface area (TPSA) is 66.8 Å². The van der Waals surface area contributed by atoms with Crippen LogP contribution < -0.4 is 0 Å². The van der Waals surface area contributed by atoms with E-state index in [9.17, 15) is 15.0 Å². The van der Waals surface area contributed by atoms with E-state index in [1.807, 2.05) is 0 Å². The molecule has 4 atom stereocenters. The van der Waals surface area contributed by atoms with Crippen molar-refractivity contribution in [3.05, 3.63) is 12.7 Å². The van der Waals surface area contributed by atoms with E-state index in [-0.39, 0.29) is 18.6 Å². The third-order valence-corrected chi connectivity index (χ3v) is 2.85. The van der Waals surface area contributed by atoms with Crippen molar-refractivity contribution >= 4 is 5.78 Å². The standard InChI is InChI=1S/C9H12O4/c1-2-3-9-6(10)4-5(13-9)7(11)8(9)12/h2,5,7-8,11-12H,1,3-4H2/t5-,7-,8-,9+/m0/s1. The maximum absolute atomic E-state index is 11.5. The Kier molecular flexibility index (Phi) is 1.80. The van der Waals surface area contributed by atoms with E-state index in [1.165, 1.54) is 6.08 Å². The number of ether oxygens (including phenoxy) is 1. The van der Waals surface area contributed by atoms with E-state index in [4.69, 9.17) is 4.74 Å². The lowest BCUT2D eigenvalue weighted by Crippen LogP contribution is -2.51. The van der Waals surface area contributed by atoms with Gasteiger partial charge in [-0.3, -0.25) is 4.79 Å². The zero-order valence-corrected chi connectivity index (χ0v) is 7.14. The second-order valence-corrected chi connectivity index (χ2v) is 3.60. The van der Waals surface area contributed by atoms with Crippen molar-refractivity contribution in [3.63, 3.8) is 0 Å². The molecule has 0 aromatic carbocycles. The molecule has 2 saturated heterocycles. The minimum atomic E-state index is -1.20. The van der Waals surface area contributed by atoms with Crippen LogP contribution in [0.2, 0.25) is 0 Å². The maximum atomic E-state index is 11.5. The van der Waals surface area contributed by atoms with Crippen LogP contribution in [0.25, 0.3) is 0 Å². The van der Waals surface area contributed by atoms with Crippen molar-refractivity contribution in [2.75, 3.05) is 0 Å². The summed E-state index contributed by atoms with van der Waals surface area (Å²) in [6, 6.07) is 0. The first-order valence-electron chi connectivity index (χ1n) is 4.30. The number of carbonyl (C=O) groups excluding carboxylic acids is 1. The van der Waals surface area contributed by atoms with Crippen molar-refractivity contribution < 1.29 is 19.7 Å². The number of aliphatic hydroxyl groups excluding tert-OH is 2. The van der Waals surface area contributed by atoms with Gasteiger partial charge < -0.3 is 14.9 Å². The molecule has 72 valence electrons. The Morgan fingerprint density at radius 1 is 1.69 bits per heavy atom. The average molecular weight is 184 g/mol. The van der Waals surface area contributed by atoms with Gasteiger partial charge in [0.1, 0.15) is 12.2 Å². The lowest BCUT2D eigenvalue weighted by atomic mass is 9.81. The highest BCUT2D eigenvalue weighted by molar-refractivity contribution is 5.92. The fraction of sp³-hybridized carbons (Fsp3) is 0.667. The van der Waals surface area contributed by atoms with Crippen LogP contribution in [0, 0.1) is 0 Å². The van der Waals surface area contributed by atoms with Gasteiger partial charge >= 0.3 is 0 Å². The first-order valence-corrected chi connectivity index (χ1v) is 4.30. The van der Waals surface area contributed by atoms with Gasteiger partial charge in [0, 0.05) is 12.8 Å². The Labute approximate surface area is 75.8 Å². The van der Waals surface area contributed by atoms with Crippen molar-refractivity contribution in [1.29, 1.82) is 0 Å². The summed E-state index contributed by atoms with van der Waals surface area (Å²) in [6.07, 6.45) is -0.564. The molecule has 2 aliphatic rings. The molecule has 4 heteroatoms. The molecule has 0 aliphatic carbocycles. The number of Topliss-reactive ketones (excluding diaryl/α,β-unsaturated/α-hetero) is 1. The molecule has 2 rings (SSSR count). The van der Waals surface area contributed by atoms with Crippen molar-refractivity contribution in [1.82, 2.24) is 0 Å². The van der Waals surface area contributed by atoms with Crippen LogP contribution in [-0.2, 0) is 9.53 Å². The fourth-order valence-electron chi connectivity index (χ4n) is 2.13. The summed E-state index contributed by atoms with van der Waals surface area (Å²) in [4.78, 5) is 11.5. The second-order valence-electron chi connectivity index (χ2n) is 3.60. The number of hydrogen-bond acceptors (Lipinski definition) is 4. The van der Waals surface area contributed by atoms with Crippen LogP contribution in [0.15, 0.2) is 12.7 Å². The van der Waals surface area contributed by atoms with Crippen LogP contribution in [0.1, 0.15) is 12.8 Å². The Morgan fingerprint density at radius 3 is 2.92 bits per heavy atom. The molecular formula is C9H12O4. The smallest absolute Gasteiger partial charge is 0.170 e. The molecule has 2 heterocycles. The van der Waals surface area contributed by atoms with E-state index < -0.39 is 23.9 Å². The quantitative estimate of drug-likeness (QED) is 0.562. The van der Waals surface area contributed by atoms with Crippen LogP contribution in [0.3, 0.4) is 0 Å². The summed E-state index contributed by atoms with van der Waals surface area (Å²) in [6.45, 7) is 3.50. The summed E-state index contributed by atoms with van der Waals surface area (Å²) in [7, 11) is 0. The van der Waals surface area contributed by atoms with Gasteiger partial charge in [-0.25, -0.2) is 0 Å². The number of rotatable bonds is 2. The van der Waals surface area contributed by atoms with E-state index in [2.05, 4.69) is 6.58 Å². The monoisotopic (exact) mass is 184 g/mol. The third-order valence-electron chi connectivity index (χ3n) is 2.85. The molecule has 0 aromatic heterocycles. The van der Waals surface area contributed by atoms with Gasteiger partial charge in [-0.15, -0.1) is 6.58 Å². The Morgan fingerprint density at radius 2 is 2.38 bits per heavy atom. The van der Waals surface area contributed by atoms with E-state index in [1.54, 1.807) is 0 Å². The highest BCUT2D eigenvalue weighted by atomic mass is 16.6. The predicted octanol–water partition coefficient (Wildman–Crippen LogP) is -0.605. The molecular weight excluding hydrogens is 172 g/mol. The molecule has 0 saturated carbocycles. The number of hydrogen-bond donors (Lipinski definition) is 2. The Balaban J connectivity index is 2.33. The molecule has 0 amide bonds. The van der Waals surface area contributed by atoms with Gasteiger partial charge in [0.15, 0.2) is 11.4 Å². The van der Waals surface area contributed by atoms with Crippen molar-refractivity contribution in [2.45, 2.75) is 36.8 Å². The first kappa shape index (κ1) is 8.87. The van der Waals surface area contributed by atoms with E-state index in [0.717, 1.165) is 0 Å². The highest BCUT2D eigenvalue weighted by Gasteiger charge is 2.63. The van der Waals surface area contributed by atoms with Crippen LogP contribution in [-0.4, -0.2) is 39.9 Å². The van der Waals surface area contributed by atoms with E-state index in [0.29, 0.717) is 0 Å². The van der Waals surface area contributed by atoms with Gasteiger partial charge in [0.2, 0.25) is 0 Å². The Bertz CT molecular complexity index is 262. The second kappa shape index (κ2) is 2.64. The molecule has 2 aliphatic heterocycles. The highest BCUT2D eigenvalue weighted by Crippen LogP contribution is 2.43. The summed E-state index contributed by atoms with van der Waals surface area (Å²) in [5.41, 5.74) is -1.20. The molecule has 0 unspecified atom stereocenters. The van der Waals surface area contributed by atoms with Gasteiger partial charge in [-0.1, -0.05) is 6.08 Å². The summed E-state index contributed by atoms with van der Waals surface area (Å²) < 4.78 is 5.32. The van der Waals surface area contributed by atoms with Crippen LogP contribution in [0.4, 0.5) is 0 Å². The molecule has 2 N–H and O–H groups in total. The lowest BCUT2D eigenvalue weighted by molar-refractivity contribution is -0.139. The van der Waals surface area contributed by atoms with Gasteiger partial charge in [-0.05, 0) is 0 Å². The van der Waals surface area contributed by atoms with Gasteiger partial charge in [0.25, 0.3) is 0 Å². The minimum Gasteiger partial charge on any atom is -0.388 e. The third kappa shape index (κ3) is 0.935. The fourth-order valence-corrected chi connectivity index (χ4v) is 2.13. The summed E-state index contributed by atoms with van der Waals surface area (Å²) in [5.74, 6) is -0.129. The summed E-state index contributed by atoms with van der Waals surface area (Å²) >= 11 is 0. The zero-order valence-electron chi connectivity index (χ0n) is 7.14. The predicted molar refractivity (Wildman–Crippen MR) is 44.1 cm³/mol. The molecule has 2 bridgehead atoms. The number of fused-ring (bicyclic) bond motifs is 2. The molecule has 4 nitrogen and oxygen atoms in total. The largest absolute Gasteiger partial charge is 0.388 e. The molecule has 0 aromatic rings. The van der Waals surface area contributed by atoms with Gasteiger partial charge in [-0.2, -0.15) is 0 Å². The lowest BCUT2D eigenvalue weighted by Gasteiger charge is -2.28. The number of aliphatic hydroxyl groups is 2. The minimum absolute atomic E-state index is 0.129. The maximum Gasteiger partial charge on any atom is 0.170 e. The van der Waals surface area contributed by atoms with Crippen molar-refractivity contribution in [2.24, 2.45) is 0 Å².